The number of carbonyl (C=O) groups is 2. The number of hydrogen-bond donors (Lipinski definition) is 4. The topological polar surface area (TPSA) is 221 Å². The van der Waals surface area contributed by atoms with E-state index in [9.17, 15) is 19.8 Å². The van der Waals surface area contributed by atoms with Crippen molar-refractivity contribution in [2.75, 3.05) is 72.8 Å². The van der Waals surface area contributed by atoms with E-state index in [-0.39, 0.29) is 48.6 Å². The number of nitrogens with two attached hydrogens (primary N) is 1. The third-order valence-corrected chi connectivity index (χ3v) is 16.0. The molecule has 6 aromatic rings. The van der Waals surface area contributed by atoms with Crippen LogP contribution in [-0.4, -0.2) is 144 Å². The van der Waals surface area contributed by atoms with Gasteiger partial charge in [-0.1, -0.05) is 43.3 Å². The molecule has 11 rings (SSSR count). The first kappa shape index (κ1) is 49.0. The van der Waals surface area contributed by atoms with E-state index in [1.165, 1.54) is 4.90 Å². The molecule has 1 aliphatic carbocycles. The number of hydrogen-bond acceptors (Lipinski definition) is 16. The van der Waals surface area contributed by atoms with Gasteiger partial charge in [0, 0.05) is 119 Å². The Labute approximate surface area is 431 Å². The summed E-state index contributed by atoms with van der Waals surface area (Å²) in [5, 5.41) is 37.4. The molecule has 2 aromatic carbocycles. The third-order valence-electron chi connectivity index (χ3n) is 16.0. The van der Waals surface area contributed by atoms with Crippen LogP contribution in [0.15, 0.2) is 95.9 Å². The van der Waals surface area contributed by atoms with Crippen LogP contribution in [0.4, 0.5) is 23.0 Å². The molecule has 2 amide bonds. The Bertz CT molecular complexity index is 2940. The number of aryl methyl sites for hydroxylation is 1. The zero-order valence-corrected chi connectivity index (χ0v) is 42.6. The van der Waals surface area contributed by atoms with Crippen molar-refractivity contribution in [3.63, 3.8) is 0 Å². The van der Waals surface area contributed by atoms with E-state index in [1.54, 1.807) is 18.3 Å². The highest BCUT2D eigenvalue weighted by atomic mass is 16.5. The highest BCUT2D eigenvalue weighted by Gasteiger charge is 2.45. The number of β-amino-alcohol motifs (C(OH)–C–C–N with tert-alkyl or cyclic N) is 1. The molecule has 2 bridgehead atoms. The molecule has 19 nitrogen and oxygen atoms in total. The number of piperazine rings is 2. The molecule has 0 radical (unpaired) electrons. The molecule has 4 aromatic heterocycles. The van der Waals surface area contributed by atoms with Gasteiger partial charge in [-0.05, 0) is 93.3 Å². The highest BCUT2D eigenvalue weighted by Crippen LogP contribution is 2.41. The molecule has 1 unspecified atom stereocenters. The van der Waals surface area contributed by atoms with E-state index in [1.807, 2.05) is 93.2 Å². The molecule has 5 aliphatic rings. The average molecular weight is 1010 g/mol. The van der Waals surface area contributed by atoms with Gasteiger partial charge in [-0.3, -0.25) is 14.5 Å². The number of aliphatic hydroxyl groups is 1. The van der Waals surface area contributed by atoms with Crippen molar-refractivity contribution in [2.24, 2.45) is 11.8 Å². The van der Waals surface area contributed by atoms with E-state index in [0.717, 1.165) is 99.9 Å². The first-order valence-electron chi connectivity index (χ1n) is 26.2. The number of rotatable bonds is 15. The lowest BCUT2D eigenvalue weighted by atomic mass is 9.82. The van der Waals surface area contributed by atoms with E-state index in [4.69, 9.17) is 15.0 Å². The number of phenols is 1. The summed E-state index contributed by atoms with van der Waals surface area (Å²) in [6, 6.07) is 22.5. The van der Waals surface area contributed by atoms with Crippen LogP contribution in [0.25, 0.3) is 16.9 Å². The molecule has 388 valence electrons. The molecule has 1 saturated carbocycles. The molecule has 0 spiro atoms. The van der Waals surface area contributed by atoms with Crippen molar-refractivity contribution in [1.82, 2.24) is 45.0 Å². The lowest BCUT2D eigenvalue weighted by Gasteiger charge is -2.43. The molecule has 5 fully saturated rings. The Morgan fingerprint density at radius 2 is 1.62 bits per heavy atom. The molecule has 8 heterocycles. The van der Waals surface area contributed by atoms with Gasteiger partial charge in [-0.25, -0.2) is 9.97 Å². The highest BCUT2D eigenvalue weighted by molar-refractivity contribution is 5.91. The van der Waals surface area contributed by atoms with Gasteiger partial charge < -0.3 is 54.7 Å². The van der Waals surface area contributed by atoms with Crippen LogP contribution in [-0.2, 0) is 9.59 Å². The fraction of sp³-hybridized carbons (Fsp3) is 0.473. The predicted molar refractivity (Wildman–Crippen MR) is 280 cm³/mol. The maximum absolute atomic E-state index is 14.4. The predicted octanol–water partition coefficient (Wildman–Crippen LogP) is 5.72. The maximum Gasteiger partial charge on any atom is 0.243 e. The van der Waals surface area contributed by atoms with Crippen molar-refractivity contribution >= 4 is 34.8 Å². The van der Waals surface area contributed by atoms with Gasteiger partial charge in [0.25, 0.3) is 0 Å². The summed E-state index contributed by atoms with van der Waals surface area (Å²) >= 11 is 0. The van der Waals surface area contributed by atoms with Crippen molar-refractivity contribution in [3.05, 3.63) is 109 Å². The van der Waals surface area contributed by atoms with Crippen LogP contribution in [0.1, 0.15) is 82.0 Å². The Balaban J connectivity index is 0.642. The van der Waals surface area contributed by atoms with Crippen LogP contribution in [0.2, 0.25) is 0 Å². The summed E-state index contributed by atoms with van der Waals surface area (Å²) in [7, 11) is 0. The van der Waals surface area contributed by atoms with Crippen molar-refractivity contribution in [1.29, 1.82) is 0 Å². The van der Waals surface area contributed by atoms with Gasteiger partial charge in [0.1, 0.15) is 29.6 Å². The number of aromatic nitrogens is 6. The van der Waals surface area contributed by atoms with Crippen LogP contribution in [0, 0.1) is 18.8 Å². The Morgan fingerprint density at radius 3 is 2.34 bits per heavy atom. The standard InChI is InChI=1S/C55H67N13O6/c1-33(2)52(55(72)67-32-42(69)26-47(67)54(71)59-34(3)37-9-11-38(12-10-37)66-18-17-57-35(66)4)49-28-50(62-74-49)64-21-19-63(20-22-64)29-36-23-43(24-36)73-51-25-39(15-16-58-51)68-40-13-14-41(68)31-65(30-40)46-27-45(60-61-53(46)56)44-7-5-6-8-48(44)70/h5-12,15-18,25,27-28,33-34,36,40-43,47,52,69-70H,13-14,19-24,26,29-32H2,1-4H3,(H2,56,61)(H,59,71)/t34-,36?,40+,41?,42+,43?,47-,52+/m0/s1. The second-order valence-corrected chi connectivity index (χ2v) is 21.3. The van der Waals surface area contributed by atoms with Gasteiger partial charge in [-0.2, -0.15) is 0 Å². The minimum Gasteiger partial charge on any atom is -0.507 e. The van der Waals surface area contributed by atoms with E-state index in [0.29, 0.717) is 52.5 Å². The number of nitrogen functional groups attached to an aromatic ring is 1. The lowest BCUT2D eigenvalue weighted by Crippen LogP contribution is -2.54. The number of aliphatic hydroxyl groups excluding tert-OH is 1. The molecule has 4 aliphatic heterocycles. The zero-order valence-electron chi connectivity index (χ0n) is 42.6. The number of amides is 2. The number of para-hydroxylation sites is 1. The van der Waals surface area contributed by atoms with E-state index >= 15 is 0 Å². The summed E-state index contributed by atoms with van der Waals surface area (Å²) in [6.45, 7) is 13.8. The molecular weight excluding hydrogens is 939 g/mol. The zero-order chi connectivity index (χ0) is 51.2. The number of anilines is 4. The van der Waals surface area contributed by atoms with E-state index in [2.05, 4.69) is 62.4 Å². The lowest BCUT2D eigenvalue weighted by molar-refractivity contribution is -0.141. The first-order chi connectivity index (χ1) is 35.8. The van der Waals surface area contributed by atoms with Gasteiger partial charge in [0.15, 0.2) is 17.4 Å². The number of pyridine rings is 1. The number of phenolic OH excluding ortho intramolecular Hbond substituents is 1. The van der Waals surface area contributed by atoms with Gasteiger partial charge >= 0.3 is 0 Å². The number of carbonyl (C=O) groups excluding carboxylic acids is 2. The molecule has 4 saturated heterocycles. The number of ether oxygens (including phenoxy) is 1. The van der Waals surface area contributed by atoms with E-state index < -0.39 is 18.1 Å². The smallest absolute Gasteiger partial charge is 0.243 e. The number of likely N-dealkylation sites (tertiary alicyclic amines) is 1. The Kier molecular flexibility index (Phi) is 13.6. The second-order valence-electron chi connectivity index (χ2n) is 21.3. The number of benzene rings is 2. The first-order valence-corrected chi connectivity index (χ1v) is 26.2. The van der Waals surface area contributed by atoms with Crippen LogP contribution >= 0.6 is 0 Å². The summed E-state index contributed by atoms with van der Waals surface area (Å²) in [6.07, 6.45) is 9.11. The van der Waals surface area contributed by atoms with Gasteiger partial charge in [0.2, 0.25) is 17.7 Å². The fourth-order valence-electron chi connectivity index (χ4n) is 12.0. The number of imidazole rings is 1. The van der Waals surface area contributed by atoms with Gasteiger partial charge in [0.05, 0.1) is 23.5 Å². The van der Waals surface area contributed by atoms with Crippen LogP contribution in [0.3, 0.4) is 0 Å². The largest absolute Gasteiger partial charge is 0.507 e. The molecule has 5 N–H and O–H groups in total. The maximum atomic E-state index is 14.4. The Morgan fingerprint density at radius 1 is 0.865 bits per heavy atom. The fourth-order valence-corrected chi connectivity index (χ4v) is 12.0. The minimum atomic E-state index is -0.814. The Hall–Kier alpha value is -7.25. The van der Waals surface area contributed by atoms with Crippen LogP contribution < -0.4 is 30.5 Å². The van der Waals surface area contributed by atoms with Crippen molar-refractivity contribution < 1.29 is 29.1 Å². The van der Waals surface area contributed by atoms with Gasteiger partial charge in [-0.15, -0.1) is 10.2 Å². The second kappa shape index (κ2) is 20.6. The van der Waals surface area contributed by atoms with Crippen molar-refractivity contribution in [3.8, 4) is 28.6 Å². The minimum absolute atomic E-state index is 0.0724. The number of fused-ring (bicyclic) bond motifs is 2. The monoisotopic (exact) mass is 1010 g/mol. The quantitative estimate of drug-likeness (QED) is 0.0966. The molecule has 19 heteroatoms. The summed E-state index contributed by atoms with van der Waals surface area (Å²) in [4.78, 5) is 48.2. The van der Waals surface area contributed by atoms with Crippen molar-refractivity contribution in [2.45, 2.75) is 102 Å². The summed E-state index contributed by atoms with van der Waals surface area (Å²) in [5.74, 6) is 2.43. The number of nitrogens with zero attached hydrogens (tertiary/aromatic N) is 11. The number of nitrogens with one attached hydrogen (secondary N) is 1. The average Bonchev–Trinajstić information content (AvgIpc) is 4.20. The molecule has 74 heavy (non-hydrogen) atoms. The SMILES string of the molecule is Cc1nccn1-c1ccc([C@H](C)NC(=O)[C@@H]2C[C@@H](O)CN2C(=O)[C@@H](c2cc(N3CCN(CC4CC(Oc5cc(N6C7CC[C@@H]6CN(c6cc(-c8ccccc8O)nnc6N)C7)ccn5)C4)CC3)no2)C(C)C)cc1. The van der Waals surface area contributed by atoms with Crippen LogP contribution in [0.5, 0.6) is 11.6 Å². The number of aromatic hydroxyl groups is 1. The normalized spacial score (nSPS) is 23.8. The summed E-state index contributed by atoms with van der Waals surface area (Å²) in [5.41, 5.74) is 11.5. The summed E-state index contributed by atoms with van der Waals surface area (Å²) < 4.78 is 14.4. The molecule has 6 atom stereocenters. The third kappa shape index (κ3) is 9.93. The molecular formula is C55H67N13O6.